The van der Waals surface area contributed by atoms with Gasteiger partial charge in [-0.05, 0) is 12.1 Å². The molecular formula is C13H14N2O5. The van der Waals surface area contributed by atoms with Crippen molar-refractivity contribution in [3.8, 4) is 11.5 Å². The van der Waals surface area contributed by atoms with E-state index in [-0.39, 0.29) is 11.7 Å². The van der Waals surface area contributed by atoms with Gasteiger partial charge in [-0.25, -0.2) is 4.79 Å². The van der Waals surface area contributed by atoms with E-state index < -0.39 is 5.97 Å². The monoisotopic (exact) mass is 278 g/mol. The smallest absolute Gasteiger partial charge is 0.357 e. The zero-order valence-corrected chi connectivity index (χ0v) is 11.0. The zero-order chi connectivity index (χ0) is 14.5. The molecule has 0 aliphatic rings. The lowest BCUT2D eigenvalue weighted by Gasteiger charge is -2.10. The summed E-state index contributed by atoms with van der Waals surface area (Å²) in [5.74, 6) is 0.209. The summed E-state index contributed by atoms with van der Waals surface area (Å²) >= 11 is 0. The second-order valence-corrected chi connectivity index (χ2v) is 3.87. The number of aromatic nitrogens is 1. The van der Waals surface area contributed by atoms with Crippen molar-refractivity contribution >= 4 is 12.0 Å². The topological polar surface area (TPSA) is 93.8 Å². The molecule has 0 saturated carbocycles. The molecule has 0 aliphatic heterocycles. The first-order valence-corrected chi connectivity index (χ1v) is 5.77. The standard InChI is InChI=1S/C13H14N2O5/c1-18-9-4-3-8(11(5-9)19-2)6-14-13-15-10(7-20-13)12(16)17/h3-5,7H,6H2,1-2H3,(H,14,15)(H,16,17). The third-order valence-corrected chi connectivity index (χ3v) is 2.65. The number of methoxy groups -OCH3 is 2. The summed E-state index contributed by atoms with van der Waals surface area (Å²) in [7, 11) is 3.14. The van der Waals surface area contributed by atoms with Gasteiger partial charge in [-0.3, -0.25) is 0 Å². The minimum absolute atomic E-state index is 0.139. The Kier molecular flexibility index (Phi) is 4.09. The molecule has 20 heavy (non-hydrogen) atoms. The molecule has 0 unspecified atom stereocenters. The molecule has 0 spiro atoms. The molecule has 1 aromatic heterocycles. The summed E-state index contributed by atoms with van der Waals surface area (Å²) < 4.78 is 15.4. The van der Waals surface area contributed by atoms with Crippen LogP contribution in [0.5, 0.6) is 11.5 Å². The molecule has 0 amide bonds. The van der Waals surface area contributed by atoms with E-state index in [4.69, 9.17) is 19.0 Å². The van der Waals surface area contributed by atoms with Gasteiger partial charge in [0, 0.05) is 18.2 Å². The number of nitrogens with zero attached hydrogens (tertiary/aromatic N) is 1. The molecule has 0 bridgehead atoms. The summed E-state index contributed by atoms with van der Waals surface area (Å²) in [6.07, 6.45) is 1.08. The summed E-state index contributed by atoms with van der Waals surface area (Å²) in [5, 5.41) is 11.6. The predicted molar refractivity (Wildman–Crippen MR) is 70.3 cm³/mol. The van der Waals surface area contributed by atoms with Gasteiger partial charge in [-0.15, -0.1) is 0 Å². The fourth-order valence-corrected chi connectivity index (χ4v) is 1.62. The fraction of sp³-hybridized carbons (Fsp3) is 0.231. The number of anilines is 1. The van der Waals surface area contributed by atoms with E-state index in [0.717, 1.165) is 11.8 Å². The molecule has 2 N–H and O–H groups in total. The number of oxazole rings is 1. The Labute approximate surface area is 115 Å². The maximum Gasteiger partial charge on any atom is 0.357 e. The number of nitrogens with one attached hydrogen (secondary N) is 1. The molecule has 1 heterocycles. The number of aromatic carboxylic acids is 1. The van der Waals surface area contributed by atoms with E-state index >= 15 is 0 Å². The molecule has 0 atom stereocenters. The van der Waals surface area contributed by atoms with Crippen molar-refractivity contribution in [2.24, 2.45) is 0 Å². The number of hydrogen-bond donors (Lipinski definition) is 2. The summed E-state index contributed by atoms with van der Waals surface area (Å²) in [6.45, 7) is 0.382. The third kappa shape index (κ3) is 3.00. The van der Waals surface area contributed by atoms with E-state index in [0.29, 0.717) is 18.0 Å². The van der Waals surface area contributed by atoms with Gasteiger partial charge >= 0.3 is 5.97 Å². The molecule has 7 nitrogen and oxygen atoms in total. The largest absolute Gasteiger partial charge is 0.497 e. The van der Waals surface area contributed by atoms with Crippen molar-refractivity contribution in [3.63, 3.8) is 0 Å². The van der Waals surface area contributed by atoms with Crippen molar-refractivity contribution in [1.82, 2.24) is 4.98 Å². The Morgan fingerprint density at radius 1 is 1.40 bits per heavy atom. The molecular weight excluding hydrogens is 264 g/mol. The van der Waals surface area contributed by atoms with E-state index in [1.54, 1.807) is 26.4 Å². The van der Waals surface area contributed by atoms with Gasteiger partial charge in [0.1, 0.15) is 17.8 Å². The maximum absolute atomic E-state index is 10.7. The predicted octanol–water partition coefficient (Wildman–Crippen LogP) is 2.00. The molecule has 0 aliphatic carbocycles. The Morgan fingerprint density at radius 3 is 2.80 bits per heavy atom. The normalized spacial score (nSPS) is 10.1. The quantitative estimate of drug-likeness (QED) is 0.834. The van der Waals surface area contributed by atoms with Crippen LogP contribution in [0.15, 0.2) is 28.9 Å². The molecule has 2 aromatic rings. The fourth-order valence-electron chi connectivity index (χ4n) is 1.62. The molecule has 1 aromatic carbocycles. The van der Waals surface area contributed by atoms with Crippen molar-refractivity contribution in [2.75, 3.05) is 19.5 Å². The lowest BCUT2D eigenvalue weighted by molar-refractivity contribution is 0.0690. The van der Waals surface area contributed by atoms with Crippen LogP contribution in [-0.4, -0.2) is 30.3 Å². The number of benzene rings is 1. The van der Waals surface area contributed by atoms with E-state index in [1.807, 2.05) is 6.07 Å². The minimum Gasteiger partial charge on any atom is -0.497 e. The van der Waals surface area contributed by atoms with Gasteiger partial charge in [0.2, 0.25) is 0 Å². The first kappa shape index (κ1) is 13.7. The van der Waals surface area contributed by atoms with Crippen LogP contribution in [0.1, 0.15) is 16.1 Å². The van der Waals surface area contributed by atoms with Crippen molar-refractivity contribution < 1.29 is 23.8 Å². The van der Waals surface area contributed by atoms with Gasteiger partial charge in [-0.2, -0.15) is 4.98 Å². The van der Waals surface area contributed by atoms with Gasteiger partial charge in [0.05, 0.1) is 14.2 Å². The van der Waals surface area contributed by atoms with Crippen molar-refractivity contribution in [1.29, 1.82) is 0 Å². The van der Waals surface area contributed by atoms with Crippen molar-refractivity contribution in [3.05, 3.63) is 35.7 Å². The van der Waals surface area contributed by atoms with Gasteiger partial charge in [-0.1, -0.05) is 0 Å². The van der Waals surface area contributed by atoms with E-state index in [9.17, 15) is 4.79 Å². The van der Waals surface area contributed by atoms with Gasteiger partial charge < -0.3 is 24.3 Å². The first-order chi connectivity index (χ1) is 9.63. The van der Waals surface area contributed by atoms with Crippen LogP contribution in [0.25, 0.3) is 0 Å². The second kappa shape index (κ2) is 5.96. The van der Waals surface area contributed by atoms with Crippen LogP contribution in [0, 0.1) is 0 Å². The van der Waals surface area contributed by atoms with E-state index in [1.165, 1.54) is 0 Å². The van der Waals surface area contributed by atoms with Crippen LogP contribution < -0.4 is 14.8 Å². The molecule has 2 rings (SSSR count). The highest BCUT2D eigenvalue weighted by Gasteiger charge is 2.11. The first-order valence-electron chi connectivity index (χ1n) is 5.77. The van der Waals surface area contributed by atoms with Gasteiger partial charge in [0.15, 0.2) is 5.69 Å². The number of carboxylic acid groups (broad SMARTS) is 1. The Morgan fingerprint density at radius 2 is 2.20 bits per heavy atom. The maximum atomic E-state index is 10.7. The molecule has 0 saturated heterocycles. The van der Waals surface area contributed by atoms with Crippen LogP contribution in [0.2, 0.25) is 0 Å². The SMILES string of the molecule is COc1ccc(CNc2nc(C(=O)O)co2)c(OC)c1. The molecule has 0 fully saturated rings. The highest BCUT2D eigenvalue weighted by molar-refractivity contribution is 5.85. The summed E-state index contributed by atoms with van der Waals surface area (Å²) in [6, 6.07) is 5.54. The van der Waals surface area contributed by atoms with Gasteiger partial charge in [0.25, 0.3) is 6.01 Å². The highest BCUT2D eigenvalue weighted by atomic mass is 16.5. The highest BCUT2D eigenvalue weighted by Crippen LogP contribution is 2.25. The average molecular weight is 278 g/mol. The number of hydrogen-bond acceptors (Lipinski definition) is 6. The second-order valence-electron chi connectivity index (χ2n) is 3.87. The molecule has 106 valence electrons. The Hall–Kier alpha value is -2.70. The lowest BCUT2D eigenvalue weighted by atomic mass is 10.2. The van der Waals surface area contributed by atoms with Crippen molar-refractivity contribution in [2.45, 2.75) is 6.54 Å². The van der Waals surface area contributed by atoms with Crippen LogP contribution >= 0.6 is 0 Å². The lowest BCUT2D eigenvalue weighted by Crippen LogP contribution is -2.03. The van der Waals surface area contributed by atoms with Crippen LogP contribution in [0.3, 0.4) is 0 Å². The number of rotatable bonds is 6. The Balaban J connectivity index is 2.07. The molecule has 7 heteroatoms. The number of carboxylic acids is 1. The third-order valence-electron chi connectivity index (χ3n) is 2.65. The average Bonchev–Trinajstić information content (AvgIpc) is 2.94. The van der Waals surface area contributed by atoms with Crippen LogP contribution in [-0.2, 0) is 6.54 Å². The zero-order valence-electron chi connectivity index (χ0n) is 11.0. The van der Waals surface area contributed by atoms with Crippen LogP contribution in [0.4, 0.5) is 6.01 Å². The Bertz CT molecular complexity index is 609. The minimum atomic E-state index is -1.14. The van der Waals surface area contributed by atoms with E-state index in [2.05, 4.69) is 10.3 Å². The number of ether oxygens (including phenoxy) is 2. The molecule has 0 radical (unpaired) electrons. The summed E-state index contributed by atoms with van der Waals surface area (Å²) in [4.78, 5) is 14.4. The number of carbonyl (C=O) groups is 1. The summed E-state index contributed by atoms with van der Waals surface area (Å²) in [5.41, 5.74) is 0.720.